The lowest BCUT2D eigenvalue weighted by atomic mass is 9.49. The molecule has 5 aromatic rings. The maximum atomic E-state index is 6.57. The summed E-state index contributed by atoms with van der Waals surface area (Å²) in [7, 11) is -0.355. The van der Waals surface area contributed by atoms with Crippen LogP contribution in [0.25, 0.3) is 42.4 Å². The Labute approximate surface area is 278 Å². The lowest BCUT2D eigenvalue weighted by molar-refractivity contribution is 0.00578. The minimum Gasteiger partial charge on any atom is -0.399 e. The van der Waals surface area contributed by atoms with Crippen molar-refractivity contribution in [3.8, 4) is 22.3 Å². The fourth-order valence-electron chi connectivity index (χ4n) is 10.2. The number of thiophene rings is 1. The number of hydrogen-bond donors (Lipinski definition) is 0. The van der Waals surface area contributed by atoms with Gasteiger partial charge < -0.3 is 9.31 Å². The van der Waals surface area contributed by atoms with Gasteiger partial charge in [-0.15, -0.1) is 11.3 Å². The Morgan fingerprint density at radius 3 is 2.33 bits per heavy atom. The Morgan fingerprint density at radius 2 is 1.52 bits per heavy atom. The number of benzene rings is 4. The van der Waals surface area contributed by atoms with Gasteiger partial charge in [-0.05, 0) is 134 Å². The molecule has 46 heavy (non-hydrogen) atoms. The summed E-state index contributed by atoms with van der Waals surface area (Å²) in [4.78, 5) is 0. The van der Waals surface area contributed by atoms with Crippen LogP contribution in [0.5, 0.6) is 0 Å². The molecule has 2 heterocycles. The third-order valence-corrected chi connectivity index (χ3v) is 14.2. The third-order valence-electron chi connectivity index (χ3n) is 13.1. The van der Waals surface area contributed by atoms with E-state index in [0.29, 0.717) is 11.8 Å². The van der Waals surface area contributed by atoms with Crippen LogP contribution in [0, 0.1) is 23.7 Å². The molecule has 5 unspecified atom stereocenters. The van der Waals surface area contributed by atoms with Crippen LogP contribution in [-0.2, 0) is 14.7 Å². The Hall–Kier alpha value is -2.92. The van der Waals surface area contributed by atoms with Gasteiger partial charge in [0.25, 0.3) is 0 Å². The molecule has 2 nitrogen and oxygen atoms in total. The summed E-state index contributed by atoms with van der Waals surface area (Å²) in [5.74, 6) is 2.94. The molecule has 0 radical (unpaired) electrons. The normalized spacial score (nSPS) is 29.0. The minimum absolute atomic E-state index is 0.0318. The molecular weight excluding hydrogens is 579 g/mol. The molecule has 3 aliphatic carbocycles. The summed E-state index contributed by atoms with van der Waals surface area (Å²) in [5.41, 5.74) is 9.09. The summed E-state index contributed by atoms with van der Waals surface area (Å²) >= 11 is 1.91. The second-order valence-corrected chi connectivity index (χ2v) is 17.1. The van der Waals surface area contributed by atoms with Crippen molar-refractivity contribution in [2.24, 2.45) is 23.7 Å². The van der Waals surface area contributed by atoms with Crippen LogP contribution in [0.15, 0.2) is 78.9 Å². The molecule has 1 aromatic heterocycles. The van der Waals surface area contributed by atoms with Crippen molar-refractivity contribution in [2.75, 3.05) is 0 Å². The summed E-state index contributed by atoms with van der Waals surface area (Å²) in [6, 6.07) is 30.5. The van der Waals surface area contributed by atoms with Crippen LogP contribution < -0.4 is 5.46 Å². The Morgan fingerprint density at radius 1 is 0.739 bits per heavy atom. The van der Waals surface area contributed by atoms with E-state index in [0.717, 1.165) is 17.3 Å². The average Bonchev–Trinajstić information content (AvgIpc) is 3.64. The highest BCUT2D eigenvalue weighted by atomic mass is 32.1. The third kappa shape index (κ3) is 3.96. The van der Waals surface area contributed by atoms with Crippen LogP contribution in [0.4, 0.5) is 0 Å². The number of fused-ring (bicyclic) bond motifs is 11. The topological polar surface area (TPSA) is 18.5 Å². The molecule has 1 spiro atoms. The lowest BCUT2D eigenvalue weighted by Gasteiger charge is -2.54. The van der Waals surface area contributed by atoms with Gasteiger partial charge in [-0.1, -0.05) is 80.9 Å². The standard InChI is InChI=1S/C42H45BO2S/c1-7-26-20-27-19-25(2)42(29(21-26)22-27)35-18-16-30(43-44-40(3,4)41(5,6)45-43)24-34(35)32-17-15-28(23-36(32)42)31-12-10-14-38-39(31)33-11-8-9-13-37(33)46-38/h8-18,23-27,29H,7,19-22H2,1-6H3. The second-order valence-electron chi connectivity index (χ2n) is 16.0. The molecule has 4 aromatic carbocycles. The van der Waals surface area contributed by atoms with Crippen molar-refractivity contribution in [2.45, 2.75) is 90.3 Å². The van der Waals surface area contributed by atoms with Crippen molar-refractivity contribution in [3.05, 3.63) is 90.0 Å². The van der Waals surface area contributed by atoms with Crippen LogP contribution in [0.3, 0.4) is 0 Å². The number of hydrogen-bond acceptors (Lipinski definition) is 3. The summed E-state index contributed by atoms with van der Waals surface area (Å²) < 4.78 is 15.9. The molecular formula is C42H45BO2S. The highest BCUT2D eigenvalue weighted by Crippen LogP contribution is 2.65. The van der Waals surface area contributed by atoms with Gasteiger partial charge in [-0.3, -0.25) is 0 Å². The highest BCUT2D eigenvalue weighted by Gasteiger charge is 2.57. The highest BCUT2D eigenvalue weighted by molar-refractivity contribution is 7.25. The van der Waals surface area contributed by atoms with Gasteiger partial charge >= 0.3 is 7.12 Å². The fraction of sp³-hybridized carbons (Fsp3) is 0.429. The van der Waals surface area contributed by atoms with E-state index in [2.05, 4.69) is 120 Å². The summed E-state index contributed by atoms with van der Waals surface area (Å²) in [5, 5.41) is 2.77. The van der Waals surface area contributed by atoms with E-state index in [1.54, 1.807) is 11.1 Å². The molecule has 3 fully saturated rings. The zero-order chi connectivity index (χ0) is 31.6. The minimum atomic E-state index is -0.359. The monoisotopic (exact) mass is 624 g/mol. The summed E-state index contributed by atoms with van der Waals surface area (Å²) in [6.45, 7) is 13.6. The molecule has 1 saturated heterocycles. The second kappa shape index (κ2) is 10.0. The largest absolute Gasteiger partial charge is 0.494 e. The van der Waals surface area contributed by atoms with Crippen LogP contribution in [0.1, 0.15) is 84.8 Å². The van der Waals surface area contributed by atoms with Crippen LogP contribution in [0.2, 0.25) is 0 Å². The quantitative estimate of drug-likeness (QED) is 0.186. The Bertz CT molecular complexity index is 2000. The maximum Gasteiger partial charge on any atom is 0.494 e. The SMILES string of the molecule is CCC1CC2CC(C)C3(c4ccc(B5OC(C)(C)C(C)(C)O5)cc4-c4ccc(-c5cccc6sc7ccccc7c56)cc43)C(C1)C2. The van der Waals surface area contributed by atoms with Crippen LogP contribution >= 0.6 is 11.3 Å². The van der Waals surface area contributed by atoms with E-state index in [9.17, 15) is 0 Å². The first-order valence-electron chi connectivity index (χ1n) is 17.7. The summed E-state index contributed by atoms with van der Waals surface area (Å²) in [6.07, 6.45) is 6.73. The van der Waals surface area contributed by atoms with E-state index < -0.39 is 0 Å². The van der Waals surface area contributed by atoms with Crippen LogP contribution in [-0.4, -0.2) is 18.3 Å². The zero-order valence-corrected chi connectivity index (χ0v) is 29.0. The van der Waals surface area contributed by atoms with Gasteiger partial charge in [0, 0.05) is 25.6 Å². The van der Waals surface area contributed by atoms with Gasteiger partial charge in [0.1, 0.15) is 0 Å². The number of rotatable bonds is 3. The Balaban J connectivity index is 1.26. The first-order valence-corrected chi connectivity index (χ1v) is 18.5. The van der Waals surface area contributed by atoms with E-state index in [1.165, 1.54) is 74.5 Å². The lowest BCUT2D eigenvalue weighted by Crippen LogP contribution is -2.49. The van der Waals surface area contributed by atoms with Gasteiger partial charge in [0.15, 0.2) is 0 Å². The smallest absolute Gasteiger partial charge is 0.399 e. The average molecular weight is 625 g/mol. The maximum absolute atomic E-state index is 6.57. The molecule has 5 atom stereocenters. The predicted molar refractivity (Wildman–Crippen MR) is 195 cm³/mol. The molecule has 4 aliphatic rings. The predicted octanol–water partition coefficient (Wildman–Crippen LogP) is 10.8. The van der Waals surface area contributed by atoms with Crippen molar-refractivity contribution in [1.82, 2.24) is 0 Å². The van der Waals surface area contributed by atoms with Gasteiger partial charge in [-0.2, -0.15) is 0 Å². The fourth-order valence-corrected chi connectivity index (χ4v) is 11.4. The molecule has 2 bridgehead atoms. The first kappa shape index (κ1) is 29.2. The van der Waals surface area contributed by atoms with Gasteiger partial charge in [0.2, 0.25) is 0 Å². The Kier molecular flexibility index (Phi) is 6.39. The molecule has 1 aliphatic heterocycles. The van der Waals surface area contributed by atoms with Gasteiger partial charge in [0.05, 0.1) is 11.2 Å². The van der Waals surface area contributed by atoms with E-state index in [4.69, 9.17) is 9.31 Å². The van der Waals surface area contributed by atoms with Crippen molar-refractivity contribution < 1.29 is 9.31 Å². The molecule has 234 valence electrons. The molecule has 0 N–H and O–H groups in total. The molecule has 2 saturated carbocycles. The van der Waals surface area contributed by atoms with Crippen molar-refractivity contribution in [1.29, 1.82) is 0 Å². The first-order chi connectivity index (χ1) is 22.1. The van der Waals surface area contributed by atoms with E-state index in [-0.39, 0.29) is 23.7 Å². The van der Waals surface area contributed by atoms with Crippen molar-refractivity contribution >= 4 is 44.1 Å². The van der Waals surface area contributed by atoms with Crippen molar-refractivity contribution in [3.63, 3.8) is 0 Å². The van der Waals surface area contributed by atoms with E-state index in [1.807, 2.05) is 11.3 Å². The zero-order valence-electron chi connectivity index (χ0n) is 28.2. The van der Waals surface area contributed by atoms with E-state index >= 15 is 0 Å². The molecule has 4 heteroatoms. The van der Waals surface area contributed by atoms with Gasteiger partial charge in [-0.25, -0.2) is 0 Å². The molecule has 9 rings (SSSR count). The molecule has 0 amide bonds.